The zero-order chi connectivity index (χ0) is 18.5. The minimum atomic E-state index is -0.460. The molecule has 142 valence electrons. The van der Waals surface area contributed by atoms with Gasteiger partial charge in [-0.05, 0) is 43.4 Å². The molecule has 1 aromatic rings. The lowest BCUT2D eigenvalue weighted by atomic mass is 9.97. The summed E-state index contributed by atoms with van der Waals surface area (Å²) in [7, 11) is 0. The van der Waals surface area contributed by atoms with Gasteiger partial charge in [-0.25, -0.2) is 9.18 Å². The highest BCUT2D eigenvalue weighted by molar-refractivity contribution is 5.89. The second-order valence-corrected chi connectivity index (χ2v) is 6.99. The van der Waals surface area contributed by atoms with Gasteiger partial charge in [0.05, 0.1) is 12.1 Å². The zero-order valence-corrected chi connectivity index (χ0v) is 14.6. The first-order chi connectivity index (χ1) is 12.5. The third-order valence-electron chi connectivity index (χ3n) is 4.87. The molecule has 3 unspecified atom stereocenters. The number of aliphatic hydroxyl groups is 1. The molecule has 0 spiro atoms. The van der Waals surface area contributed by atoms with Crippen molar-refractivity contribution in [2.45, 2.75) is 31.4 Å². The van der Waals surface area contributed by atoms with Crippen LogP contribution in [0.15, 0.2) is 24.3 Å². The molecule has 0 aliphatic carbocycles. The molecule has 3 rings (SSSR count). The number of carbonyl (C=O) groups excluding carboxylic acids is 2. The zero-order valence-electron chi connectivity index (χ0n) is 14.6. The van der Waals surface area contributed by atoms with E-state index in [1.54, 1.807) is 6.07 Å². The van der Waals surface area contributed by atoms with E-state index in [0.29, 0.717) is 38.3 Å². The number of benzene rings is 1. The van der Waals surface area contributed by atoms with Gasteiger partial charge in [-0.15, -0.1) is 0 Å². The van der Waals surface area contributed by atoms with Crippen LogP contribution in [0.25, 0.3) is 0 Å². The standard InChI is InChI=1S/C18H25FN4O3/c19-13-4-1-5-14(7-13)22-18(26)21-9-12-3-2-6-23(11-12)17(25)16-8-15(24)10-20-16/h1,4-5,7,12,15-16,20,24H,2-3,6,8-11H2,(H2,21,22,26). The van der Waals surface area contributed by atoms with Gasteiger partial charge in [0, 0.05) is 31.9 Å². The third-order valence-corrected chi connectivity index (χ3v) is 4.87. The minimum Gasteiger partial charge on any atom is -0.392 e. The van der Waals surface area contributed by atoms with Crippen molar-refractivity contribution in [2.75, 3.05) is 31.5 Å². The van der Waals surface area contributed by atoms with Crippen LogP contribution < -0.4 is 16.0 Å². The average Bonchev–Trinajstić information content (AvgIpc) is 3.06. The highest BCUT2D eigenvalue weighted by Crippen LogP contribution is 2.19. The molecule has 1 aromatic carbocycles. The minimum absolute atomic E-state index is 0.0236. The Labute approximate surface area is 151 Å². The predicted octanol–water partition coefficient (Wildman–Crippen LogP) is 0.909. The summed E-state index contributed by atoms with van der Waals surface area (Å²) in [6.07, 6.45) is 1.82. The van der Waals surface area contributed by atoms with Crippen LogP contribution >= 0.6 is 0 Å². The molecule has 0 bridgehead atoms. The first-order valence-corrected chi connectivity index (χ1v) is 9.02. The van der Waals surface area contributed by atoms with Crippen LogP contribution in [-0.2, 0) is 4.79 Å². The highest BCUT2D eigenvalue weighted by Gasteiger charge is 2.33. The maximum atomic E-state index is 13.1. The van der Waals surface area contributed by atoms with Gasteiger partial charge in [0.25, 0.3) is 0 Å². The van der Waals surface area contributed by atoms with Crippen LogP contribution in [0.2, 0.25) is 0 Å². The molecule has 2 saturated heterocycles. The molecule has 8 heteroatoms. The van der Waals surface area contributed by atoms with E-state index in [2.05, 4.69) is 16.0 Å². The maximum absolute atomic E-state index is 13.1. The van der Waals surface area contributed by atoms with Crippen LogP contribution in [0.3, 0.4) is 0 Å². The number of hydrogen-bond donors (Lipinski definition) is 4. The molecule has 2 fully saturated rings. The number of urea groups is 1. The Morgan fingerprint density at radius 3 is 2.96 bits per heavy atom. The summed E-state index contributed by atoms with van der Waals surface area (Å²) < 4.78 is 13.1. The van der Waals surface area contributed by atoms with Crippen LogP contribution in [0.4, 0.5) is 14.9 Å². The van der Waals surface area contributed by atoms with Gasteiger partial charge >= 0.3 is 6.03 Å². The van der Waals surface area contributed by atoms with Crippen molar-refractivity contribution in [1.82, 2.24) is 15.5 Å². The van der Waals surface area contributed by atoms with E-state index in [9.17, 15) is 19.1 Å². The van der Waals surface area contributed by atoms with E-state index in [-0.39, 0.29) is 23.9 Å². The molecule has 0 aromatic heterocycles. The maximum Gasteiger partial charge on any atom is 0.319 e. The molecule has 3 amide bonds. The molecule has 26 heavy (non-hydrogen) atoms. The second-order valence-electron chi connectivity index (χ2n) is 6.99. The lowest BCUT2D eigenvalue weighted by Gasteiger charge is -2.34. The summed E-state index contributed by atoms with van der Waals surface area (Å²) in [5.74, 6) is -0.206. The number of carbonyl (C=O) groups is 2. The van der Waals surface area contributed by atoms with E-state index in [1.165, 1.54) is 18.2 Å². The SMILES string of the molecule is O=C(NCC1CCCN(C(=O)C2CC(O)CN2)C1)Nc1cccc(F)c1. The molecular weight excluding hydrogens is 339 g/mol. The molecule has 0 radical (unpaired) electrons. The normalized spacial score (nSPS) is 25.8. The number of likely N-dealkylation sites (tertiary alicyclic amines) is 1. The van der Waals surface area contributed by atoms with Crippen molar-refractivity contribution in [3.05, 3.63) is 30.1 Å². The first-order valence-electron chi connectivity index (χ1n) is 9.02. The second kappa shape index (κ2) is 8.46. The van der Waals surface area contributed by atoms with Crippen molar-refractivity contribution in [2.24, 2.45) is 5.92 Å². The van der Waals surface area contributed by atoms with Crippen LogP contribution in [0.1, 0.15) is 19.3 Å². The van der Waals surface area contributed by atoms with Gasteiger partial charge in [0.1, 0.15) is 5.82 Å². The van der Waals surface area contributed by atoms with Gasteiger partial charge in [0.15, 0.2) is 0 Å². The molecule has 4 N–H and O–H groups in total. The van der Waals surface area contributed by atoms with Gasteiger partial charge in [0.2, 0.25) is 5.91 Å². The number of rotatable bonds is 4. The highest BCUT2D eigenvalue weighted by atomic mass is 19.1. The Kier molecular flexibility index (Phi) is 6.05. The van der Waals surface area contributed by atoms with Gasteiger partial charge in [-0.1, -0.05) is 6.07 Å². The van der Waals surface area contributed by atoms with Crippen molar-refractivity contribution < 1.29 is 19.1 Å². The van der Waals surface area contributed by atoms with E-state index < -0.39 is 11.9 Å². The van der Waals surface area contributed by atoms with E-state index >= 15 is 0 Å². The fraction of sp³-hybridized carbons (Fsp3) is 0.556. The Bertz CT molecular complexity index is 657. The van der Waals surface area contributed by atoms with Gasteiger partial charge < -0.3 is 26.0 Å². The lowest BCUT2D eigenvalue weighted by molar-refractivity contribution is -0.135. The number of amides is 3. The number of hydrogen-bond acceptors (Lipinski definition) is 4. The molecule has 2 aliphatic rings. The Balaban J connectivity index is 1.44. The van der Waals surface area contributed by atoms with Crippen molar-refractivity contribution in [3.63, 3.8) is 0 Å². The summed E-state index contributed by atoms with van der Waals surface area (Å²) in [6, 6.07) is 5.02. The predicted molar refractivity (Wildman–Crippen MR) is 95.1 cm³/mol. The average molecular weight is 364 g/mol. The van der Waals surface area contributed by atoms with Gasteiger partial charge in [-0.2, -0.15) is 0 Å². The molecule has 7 nitrogen and oxygen atoms in total. The monoisotopic (exact) mass is 364 g/mol. The fourth-order valence-corrected chi connectivity index (χ4v) is 3.54. The van der Waals surface area contributed by atoms with Crippen LogP contribution in [0.5, 0.6) is 0 Å². The smallest absolute Gasteiger partial charge is 0.319 e. The van der Waals surface area contributed by atoms with Crippen molar-refractivity contribution >= 4 is 17.6 Å². The number of β-amino-alcohol motifs (C(OH)–C–C–N with tert-alkyl or cyclic N) is 1. The Morgan fingerprint density at radius 2 is 2.23 bits per heavy atom. The topological polar surface area (TPSA) is 93.7 Å². The van der Waals surface area contributed by atoms with Crippen molar-refractivity contribution in [3.8, 4) is 0 Å². The number of halogens is 1. The summed E-state index contributed by atoms with van der Waals surface area (Å²) >= 11 is 0. The molecule has 0 saturated carbocycles. The molecular formula is C18H25FN4O3. The molecule has 2 aliphatic heterocycles. The Hall–Kier alpha value is -2.19. The lowest BCUT2D eigenvalue weighted by Crippen LogP contribution is -2.49. The summed E-state index contributed by atoms with van der Waals surface area (Å²) in [6.45, 7) is 2.20. The number of nitrogens with zero attached hydrogens (tertiary/aromatic N) is 1. The first kappa shape index (κ1) is 18.6. The third kappa shape index (κ3) is 4.92. The number of nitrogens with one attached hydrogen (secondary N) is 3. The quantitative estimate of drug-likeness (QED) is 0.639. The largest absolute Gasteiger partial charge is 0.392 e. The van der Waals surface area contributed by atoms with Crippen molar-refractivity contribution in [1.29, 1.82) is 0 Å². The summed E-state index contributed by atoms with van der Waals surface area (Å²) in [5.41, 5.74) is 0.397. The number of aliphatic hydroxyl groups excluding tert-OH is 1. The molecule has 3 atom stereocenters. The van der Waals surface area contributed by atoms with Crippen LogP contribution in [-0.4, -0.2) is 60.3 Å². The Morgan fingerprint density at radius 1 is 1.38 bits per heavy atom. The number of anilines is 1. The molecule has 2 heterocycles. The van der Waals surface area contributed by atoms with Crippen LogP contribution in [0, 0.1) is 11.7 Å². The van der Waals surface area contributed by atoms with Gasteiger partial charge in [-0.3, -0.25) is 4.79 Å². The van der Waals surface area contributed by atoms with E-state index in [1.807, 2.05) is 4.90 Å². The number of piperidine rings is 1. The fourth-order valence-electron chi connectivity index (χ4n) is 3.54. The summed E-state index contributed by atoms with van der Waals surface area (Å²) in [5, 5.41) is 18.0. The summed E-state index contributed by atoms with van der Waals surface area (Å²) in [4.78, 5) is 26.3. The van der Waals surface area contributed by atoms with E-state index in [0.717, 1.165) is 12.8 Å². The van der Waals surface area contributed by atoms with E-state index in [4.69, 9.17) is 0 Å².